The van der Waals surface area contributed by atoms with Crippen molar-refractivity contribution >= 4 is 9.84 Å². The van der Waals surface area contributed by atoms with Crippen LogP contribution in [0.1, 0.15) is 63.3 Å². The van der Waals surface area contributed by atoms with E-state index >= 15 is 0 Å². The van der Waals surface area contributed by atoms with Crippen molar-refractivity contribution in [3.8, 4) is 0 Å². The van der Waals surface area contributed by atoms with Gasteiger partial charge in [-0.1, -0.05) is 63.3 Å². The molecule has 0 aliphatic carbocycles. The van der Waals surface area contributed by atoms with Gasteiger partial charge in [0, 0.05) is 6.26 Å². The Hall–Kier alpha value is -0.0500. The van der Waals surface area contributed by atoms with Crippen molar-refractivity contribution in [3.05, 3.63) is 0 Å². The zero-order valence-electron chi connectivity index (χ0n) is 10.9. The molecule has 0 rings (SSSR count). The van der Waals surface area contributed by atoms with Crippen LogP contribution in [0, 0.1) is 10.8 Å². The second-order valence-corrected chi connectivity index (χ2v) is 8.77. The van der Waals surface area contributed by atoms with Gasteiger partial charge in [0.25, 0.3) is 0 Å². The Labute approximate surface area is 105 Å². The molecular weight excluding hydrogens is 220 g/mol. The Morgan fingerprint density at radius 1 is 0.812 bits per heavy atom. The van der Waals surface area contributed by atoms with E-state index in [0.717, 1.165) is 0 Å². The Bertz CT molecular complexity index is 232. The van der Waals surface area contributed by atoms with Crippen LogP contribution in [0.5, 0.6) is 0 Å². The summed E-state index contributed by atoms with van der Waals surface area (Å²) < 4.78 is 21.3. The van der Waals surface area contributed by atoms with Crippen molar-refractivity contribution < 1.29 is 8.42 Å². The van der Waals surface area contributed by atoms with Gasteiger partial charge in [-0.2, -0.15) is 0 Å². The second-order valence-electron chi connectivity index (χ2n) is 6.63. The van der Waals surface area contributed by atoms with Gasteiger partial charge in [-0.25, -0.2) is 8.42 Å². The number of sulfone groups is 1. The van der Waals surface area contributed by atoms with E-state index in [1.54, 1.807) is 0 Å². The molecule has 0 saturated carbocycles. The molecule has 0 unspecified atom stereocenters. The van der Waals surface area contributed by atoms with Gasteiger partial charge in [0.15, 0.2) is 0 Å². The largest absolute Gasteiger partial charge is 0.229 e. The number of hydrogen-bond acceptors (Lipinski definition) is 2. The minimum atomic E-state index is -2.78. The Morgan fingerprint density at radius 2 is 1.00 bits per heavy atom. The molecule has 0 aliphatic heterocycles. The van der Waals surface area contributed by atoms with Crippen LogP contribution in [0.4, 0.5) is 0 Å². The average Bonchev–Trinajstić information content (AvgIpc) is 1.42. The summed E-state index contributed by atoms with van der Waals surface area (Å²) in [5.41, 5.74) is 0.396. The maximum absolute atomic E-state index is 10.6. The first-order chi connectivity index (χ1) is 5.71. The van der Waals surface area contributed by atoms with Gasteiger partial charge >= 0.3 is 0 Å². The van der Waals surface area contributed by atoms with Crippen LogP contribution in [0.25, 0.3) is 0 Å². The predicted octanol–water partition coefficient (Wildman–Crippen LogP) is 4.40. The molecule has 2 nitrogen and oxygen atoms in total. The fraction of sp³-hybridized carbons (Fsp3) is 1.00. The normalized spacial score (nSPS) is 11.5. The zero-order valence-corrected chi connectivity index (χ0v) is 11.7. The highest BCUT2D eigenvalue weighted by Gasteiger charge is 2.16. The van der Waals surface area contributed by atoms with Crippen molar-refractivity contribution in [2.75, 3.05) is 12.0 Å². The topological polar surface area (TPSA) is 34.1 Å². The first-order valence-electron chi connectivity index (χ1n) is 4.88. The van der Waals surface area contributed by atoms with E-state index in [0.29, 0.717) is 5.41 Å². The van der Waals surface area contributed by atoms with Crippen LogP contribution in [-0.2, 0) is 9.84 Å². The van der Waals surface area contributed by atoms with E-state index in [9.17, 15) is 8.42 Å². The molecule has 0 saturated heterocycles. The van der Waals surface area contributed by atoms with Crippen LogP contribution in [0.3, 0.4) is 0 Å². The summed E-state index contributed by atoms with van der Waals surface area (Å²) >= 11 is 0. The maximum Gasteiger partial charge on any atom is 0.147 e. The van der Waals surface area contributed by atoms with Crippen molar-refractivity contribution in [2.24, 2.45) is 10.8 Å². The zero-order chi connectivity index (χ0) is 12.2. The van der Waals surface area contributed by atoms with Gasteiger partial charge in [-0.3, -0.25) is 0 Å². The van der Waals surface area contributed by atoms with E-state index in [-0.39, 0.29) is 26.0 Å². The van der Waals surface area contributed by atoms with Gasteiger partial charge in [-0.15, -0.1) is 0 Å². The highest BCUT2D eigenvalue weighted by atomic mass is 32.2. The average molecular weight is 254 g/mol. The first-order valence-corrected chi connectivity index (χ1v) is 6.94. The second kappa shape index (κ2) is 8.10. The third kappa shape index (κ3) is 66.1. The lowest BCUT2D eigenvalue weighted by Crippen LogP contribution is -2.19. The van der Waals surface area contributed by atoms with Gasteiger partial charge in [0.2, 0.25) is 0 Å². The number of rotatable bonds is 1. The maximum atomic E-state index is 10.6. The quantitative estimate of drug-likeness (QED) is 0.695. The summed E-state index contributed by atoms with van der Waals surface area (Å²) in [5, 5.41) is 0. The van der Waals surface area contributed by atoms with E-state index in [4.69, 9.17) is 0 Å². The van der Waals surface area contributed by atoms with Crippen LogP contribution < -0.4 is 0 Å². The predicted molar refractivity (Wildman–Crippen MR) is 77.8 cm³/mol. The van der Waals surface area contributed by atoms with Gasteiger partial charge < -0.3 is 0 Å². The summed E-state index contributed by atoms with van der Waals surface area (Å²) in [7, 11) is -2.78. The molecular formula is C13H34O2S. The molecule has 0 aliphatic rings. The van der Waals surface area contributed by atoms with Crippen molar-refractivity contribution in [1.82, 2.24) is 0 Å². The third-order valence-corrected chi connectivity index (χ3v) is 2.09. The molecule has 0 N–H and O–H groups in total. The molecule has 0 radical (unpaired) electrons. The SMILES string of the molecule is C.C.CC(C)(C)C.CC(C)(C)CS(C)(=O)=O. The third-order valence-electron chi connectivity index (χ3n) is 0.695. The van der Waals surface area contributed by atoms with Crippen molar-refractivity contribution in [3.63, 3.8) is 0 Å². The molecule has 0 heterocycles. The summed E-state index contributed by atoms with van der Waals surface area (Å²) in [6, 6.07) is 0. The summed E-state index contributed by atoms with van der Waals surface area (Å²) in [6.07, 6.45) is 1.26. The van der Waals surface area contributed by atoms with Gasteiger partial charge in [0.05, 0.1) is 5.75 Å². The van der Waals surface area contributed by atoms with E-state index < -0.39 is 9.84 Å². The van der Waals surface area contributed by atoms with Crippen LogP contribution in [0.2, 0.25) is 0 Å². The Balaban J connectivity index is -0.0000000904. The number of hydrogen-bond donors (Lipinski definition) is 0. The Morgan fingerprint density at radius 3 is 1.00 bits per heavy atom. The molecule has 0 aromatic heterocycles. The monoisotopic (exact) mass is 254 g/mol. The lowest BCUT2D eigenvalue weighted by atomic mass is 10.0. The summed E-state index contributed by atoms with van der Waals surface area (Å²) in [6.45, 7) is 14.5. The highest BCUT2D eigenvalue weighted by Crippen LogP contribution is 2.14. The standard InChI is InChI=1S/C6H14O2S.C5H12.2CH4/c1-6(2,3)5-9(4,7)8;1-5(2,3)4;;/h5H2,1-4H3;1-4H3;2*1H4. The molecule has 0 fully saturated rings. The first kappa shape index (κ1) is 25.0. The van der Waals surface area contributed by atoms with Gasteiger partial charge in [0.1, 0.15) is 9.84 Å². The van der Waals surface area contributed by atoms with Crippen molar-refractivity contribution in [2.45, 2.75) is 63.3 Å². The smallest absolute Gasteiger partial charge is 0.147 e. The minimum absolute atomic E-state index is 0. The molecule has 0 spiro atoms. The molecule has 0 bridgehead atoms. The van der Waals surface area contributed by atoms with E-state index in [1.165, 1.54) is 6.26 Å². The highest BCUT2D eigenvalue weighted by molar-refractivity contribution is 7.90. The molecule has 0 aromatic rings. The summed E-state index contributed by atoms with van der Waals surface area (Å²) in [4.78, 5) is 0. The lowest BCUT2D eigenvalue weighted by molar-refractivity contribution is 0.463. The van der Waals surface area contributed by atoms with Crippen LogP contribution in [-0.4, -0.2) is 20.4 Å². The fourth-order valence-corrected chi connectivity index (χ4v) is 2.36. The molecule has 104 valence electrons. The Kier molecular flexibility index (Phi) is 12.6. The van der Waals surface area contributed by atoms with Crippen LogP contribution >= 0.6 is 0 Å². The molecule has 0 aromatic carbocycles. The van der Waals surface area contributed by atoms with Crippen LogP contribution in [0.15, 0.2) is 0 Å². The fourth-order valence-electron chi connectivity index (χ4n) is 0.787. The molecule has 3 heteroatoms. The lowest BCUT2D eigenvalue weighted by Gasteiger charge is -2.15. The summed E-state index contributed by atoms with van der Waals surface area (Å²) in [5.74, 6) is 0.264. The van der Waals surface area contributed by atoms with Crippen molar-refractivity contribution in [1.29, 1.82) is 0 Å². The van der Waals surface area contributed by atoms with Gasteiger partial charge in [-0.05, 0) is 10.8 Å². The van der Waals surface area contributed by atoms with E-state index in [1.807, 2.05) is 20.8 Å². The van der Waals surface area contributed by atoms with E-state index in [2.05, 4.69) is 27.7 Å². The molecule has 16 heavy (non-hydrogen) atoms. The minimum Gasteiger partial charge on any atom is -0.229 e. The molecule has 0 amide bonds. The molecule has 0 atom stereocenters.